The summed E-state index contributed by atoms with van der Waals surface area (Å²) in [7, 11) is -2.13. The van der Waals surface area contributed by atoms with Crippen molar-refractivity contribution in [1.82, 2.24) is 14.8 Å². The summed E-state index contributed by atoms with van der Waals surface area (Å²) in [5.74, 6) is 0. The highest BCUT2D eigenvalue weighted by molar-refractivity contribution is 7.99. The van der Waals surface area contributed by atoms with Crippen LogP contribution in [0.15, 0.2) is 63.7 Å². The standard InChI is InChI=1S/C16H15N5O4S2/c1-11-3-6-13(21(22)23)9-15(11)27(24,25)19-12-4-7-14(8-5-12)26-16-18-17-10-20(16)2/h3-10,19H,1-2H3. The molecule has 0 unspecified atom stereocenters. The largest absolute Gasteiger partial charge is 0.311 e. The topological polar surface area (TPSA) is 120 Å². The molecule has 2 aromatic carbocycles. The molecule has 0 fully saturated rings. The van der Waals surface area contributed by atoms with Gasteiger partial charge in [-0.25, -0.2) is 8.42 Å². The number of nitrogens with one attached hydrogen (secondary N) is 1. The van der Waals surface area contributed by atoms with Crippen molar-refractivity contribution < 1.29 is 13.3 Å². The van der Waals surface area contributed by atoms with Gasteiger partial charge in [0.25, 0.3) is 15.7 Å². The Morgan fingerprint density at radius 2 is 1.89 bits per heavy atom. The Hall–Kier alpha value is -2.92. The Morgan fingerprint density at radius 1 is 1.19 bits per heavy atom. The lowest BCUT2D eigenvalue weighted by molar-refractivity contribution is -0.385. The normalized spacial score (nSPS) is 11.3. The van der Waals surface area contributed by atoms with E-state index in [9.17, 15) is 18.5 Å². The summed E-state index contributed by atoms with van der Waals surface area (Å²) in [6.45, 7) is 1.58. The van der Waals surface area contributed by atoms with Crippen LogP contribution in [0.4, 0.5) is 11.4 Å². The molecule has 27 heavy (non-hydrogen) atoms. The van der Waals surface area contributed by atoms with E-state index in [4.69, 9.17) is 0 Å². The van der Waals surface area contributed by atoms with E-state index in [1.807, 2.05) is 7.05 Å². The first-order valence-electron chi connectivity index (χ1n) is 7.66. The molecule has 0 radical (unpaired) electrons. The van der Waals surface area contributed by atoms with Gasteiger partial charge < -0.3 is 4.57 Å². The molecule has 0 spiro atoms. The van der Waals surface area contributed by atoms with Crippen molar-refractivity contribution >= 4 is 33.2 Å². The molecular weight excluding hydrogens is 390 g/mol. The fraction of sp³-hybridized carbons (Fsp3) is 0.125. The lowest BCUT2D eigenvalue weighted by Crippen LogP contribution is -2.14. The number of nitro groups is 1. The van der Waals surface area contributed by atoms with Crippen LogP contribution < -0.4 is 4.72 Å². The fourth-order valence-corrected chi connectivity index (χ4v) is 4.35. The molecule has 140 valence electrons. The van der Waals surface area contributed by atoms with Gasteiger partial charge in [-0.1, -0.05) is 6.07 Å². The van der Waals surface area contributed by atoms with E-state index in [2.05, 4.69) is 14.9 Å². The van der Waals surface area contributed by atoms with Crippen LogP contribution in [0.5, 0.6) is 0 Å². The minimum atomic E-state index is -3.96. The molecule has 0 saturated carbocycles. The second-order valence-corrected chi connectivity index (χ2v) is 8.35. The predicted molar refractivity (Wildman–Crippen MR) is 100 cm³/mol. The number of nitrogens with zero attached hydrogens (tertiary/aromatic N) is 4. The molecule has 1 N–H and O–H groups in total. The molecule has 9 nitrogen and oxygen atoms in total. The van der Waals surface area contributed by atoms with Gasteiger partial charge in [-0.05, 0) is 48.5 Å². The van der Waals surface area contributed by atoms with Crippen molar-refractivity contribution in [2.45, 2.75) is 21.9 Å². The zero-order chi connectivity index (χ0) is 19.6. The van der Waals surface area contributed by atoms with E-state index in [-0.39, 0.29) is 10.6 Å². The molecule has 0 amide bonds. The van der Waals surface area contributed by atoms with E-state index in [1.54, 1.807) is 42.1 Å². The van der Waals surface area contributed by atoms with Gasteiger partial charge in [-0.3, -0.25) is 14.8 Å². The van der Waals surface area contributed by atoms with Crippen LogP contribution in [0.2, 0.25) is 0 Å². The number of rotatable bonds is 6. The van der Waals surface area contributed by atoms with Crippen LogP contribution in [0, 0.1) is 17.0 Å². The van der Waals surface area contributed by atoms with Gasteiger partial charge in [0.05, 0.1) is 9.82 Å². The fourth-order valence-electron chi connectivity index (χ4n) is 2.26. The maximum Gasteiger partial charge on any atom is 0.270 e. The van der Waals surface area contributed by atoms with Crippen molar-refractivity contribution in [3.05, 3.63) is 64.5 Å². The first-order valence-corrected chi connectivity index (χ1v) is 9.96. The Balaban J connectivity index is 1.81. The van der Waals surface area contributed by atoms with Crippen LogP contribution in [0.25, 0.3) is 0 Å². The number of sulfonamides is 1. The van der Waals surface area contributed by atoms with Crippen LogP contribution in [-0.2, 0) is 17.1 Å². The van der Waals surface area contributed by atoms with E-state index in [0.29, 0.717) is 16.4 Å². The van der Waals surface area contributed by atoms with Gasteiger partial charge in [-0.2, -0.15) is 0 Å². The third-order valence-corrected chi connectivity index (χ3v) is 6.24. The molecular formula is C16H15N5O4S2. The lowest BCUT2D eigenvalue weighted by atomic mass is 10.2. The molecule has 1 aromatic heterocycles. The minimum Gasteiger partial charge on any atom is -0.311 e. The summed E-state index contributed by atoms with van der Waals surface area (Å²) >= 11 is 1.39. The highest BCUT2D eigenvalue weighted by Gasteiger charge is 2.20. The van der Waals surface area contributed by atoms with Crippen molar-refractivity contribution in [2.24, 2.45) is 7.05 Å². The zero-order valence-corrected chi connectivity index (χ0v) is 16.0. The number of anilines is 1. The molecule has 1 heterocycles. The molecule has 11 heteroatoms. The van der Waals surface area contributed by atoms with Crippen LogP contribution in [0.1, 0.15) is 5.56 Å². The number of non-ortho nitro benzene ring substituents is 1. The number of aromatic nitrogens is 3. The average Bonchev–Trinajstić information content (AvgIpc) is 3.01. The maximum atomic E-state index is 12.6. The molecule has 3 aromatic rings. The van der Waals surface area contributed by atoms with Crippen molar-refractivity contribution in [2.75, 3.05) is 4.72 Å². The van der Waals surface area contributed by atoms with Gasteiger partial charge in [0.2, 0.25) is 0 Å². The average molecular weight is 405 g/mol. The van der Waals surface area contributed by atoms with Crippen LogP contribution >= 0.6 is 11.8 Å². The first-order chi connectivity index (χ1) is 12.8. The van der Waals surface area contributed by atoms with Gasteiger partial charge >= 0.3 is 0 Å². The second kappa shape index (κ2) is 7.37. The van der Waals surface area contributed by atoms with Crippen LogP contribution in [0.3, 0.4) is 0 Å². The molecule has 3 rings (SSSR count). The molecule has 0 aliphatic rings. The van der Waals surface area contributed by atoms with E-state index in [0.717, 1.165) is 11.0 Å². The van der Waals surface area contributed by atoms with Crippen LogP contribution in [-0.4, -0.2) is 28.1 Å². The number of nitro benzene ring substituents is 1. The van der Waals surface area contributed by atoms with Crippen molar-refractivity contribution in [3.8, 4) is 0 Å². The van der Waals surface area contributed by atoms with Crippen molar-refractivity contribution in [1.29, 1.82) is 0 Å². The summed E-state index contributed by atoms with van der Waals surface area (Å²) in [4.78, 5) is 11.0. The Kier molecular flexibility index (Phi) is 5.15. The van der Waals surface area contributed by atoms with Gasteiger partial charge in [-0.15, -0.1) is 10.2 Å². The SMILES string of the molecule is Cc1ccc([N+](=O)[O-])cc1S(=O)(=O)Nc1ccc(Sc2nncn2C)cc1. The molecule has 0 aliphatic heterocycles. The summed E-state index contributed by atoms with van der Waals surface area (Å²) in [5.41, 5.74) is 0.488. The number of hydrogen-bond donors (Lipinski definition) is 1. The first kappa shape index (κ1) is 18.9. The minimum absolute atomic E-state index is 0.130. The summed E-state index contributed by atoms with van der Waals surface area (Å²) in [6.07, 6.45) is 1.59. The Bertz CT molecular complexity index is 1090. The molecule has 0 aliphatic carbocycles. The third-order valence-electron chi connectivity index (χ3n) is 3.66. The maximum absolute atomic E-state index is 12.6. The summed E-state index contributed by atoms with van der Waals surface area (Å²) in [5, 5.41) is 19.4. The van der Waals surface area contributed by atoms with Gasteiger partial charge in [0.1, 0.15) is 6.33 Å². The highest BCUT2D eigenvalue weighted by Crippen LogP contribution is 2.28. The van der Waals surface area contributed by atoms with E-state index in [1.165, 1.54) is 23.9 Å². The highest BCUT2D eigenvalue weighted by atomic mass is 32.2. The lowest BCUT2D eigenvalue weighted by Gasteiger charge is -2.11. The van der Waals surface area contributed by atoms with E-state index < -0.39 is 14.9 Å². The Morgan fingerprint density at radius 3 is 2.48 bits per heavy atom. The zero-order valence-electron chi connectivity index (χ0n) is 14.4. The molecule has 0 saturated heterocycles. The number of aryl methyl sites for hydroxylation is 2. The van der Waals surface area contributed by atoms with E-state index >= 15 is 0 Å². The Labute approximate surface area is 159 Å². The van der Waals surface area contributed by atoms with Gasteiger partial charge in [0.15, 0.2) is 5.16 Å². The predicted octanol–water partition coefficient (Wildman–Crippen LogP) is 2.98. The number of benzene rings is 2. The summed E-state index contributed by atoms with van der Waals surface area (Å²) < 4.78 is 29.5. The quantitative estimate of drug-likeness (QED) is 0.494. The van der Waals surface area contributed by atoms with Crippen molar-refractivity contribution in [3.63, 3.8) is 0 Å². The smallest absolute Gasteiger partial charge is 0.270 e. The number of hydrogen-bond acceptors (Lipinski definition) is 7. The van der Waals surface area contributed by atoms with Gasteiger partial charge in [0, 0.05) is 29.8 Å². The monoisotopic (exact) mass is 405 g/mol. The summed E-state index contributed by atoms with van der Waals surface area (Å²) in [6, 6.07) is 10.5. The second-order valence-electron chi connectivity index (χ2n) is 5.66. The third kappa shape index (κ3) is 4.26. The molecule has 0 atom stereocenters. The molecule has 0 bridgehead atoms.